The number of sulfonamides is 1. The maximum atomic E-state index is 12.7. The molecule has 3 aromatic carbocycles. The van der Waals surface area contributed by atoms with E-state index in [-0.39, 0.29) is 10.5 Å². The van der Waals surface area contributed by atoms with Crippen LogP contribution in [0.1, 0.15) is 22.8 Å². The first-order valence-electron chi connectivity index (χ1n) is 9.12. The largest absolute Gasteiger partial charge is 0.492 e. The molecule has 0 bridgehead atoms. The molecule has 3 aromatic rings. The second kappa shape index (κ2) is 8.79. The van der Waals surface area contributed by atoms with E-state index in [4.69, 9.17) is 4.74 Å². The number of hydrogen-bond acceptors (Lipinski definition) is 4. The summed E-state index contributed by atoms with van der Waals surface area (Å²) in [5.74, 6) is 0.123. The Morgan fingerprint density at radius 1 is 0.966 bits per heavy atom. The van der Waals surface area contributed by atoms with Crippen molar-refractivity contribution in [1.29, 1.82) is 0 Å². The first-order chi connectivity index (χ1) is 13.9. The Hall–Kier alpha value is -3.32. The molecular weight excluding hydrogens is 388 g/mol. The van der Waals surface area contributed by atoms with Crippen LogP contribution in [0, 0.1) is 6.92 Å². The van der Waals surface area contributed by atoms with Gasteiger partial charge in [0.05, 0.1) is 17.2 Å². The molecule has 2 N–H and O–H groups in total. The van der Waals surface area contributed by atoms with Crippen LogP contribution in [0.4, 0.5) is 11.4 Å². The van der Waals surface area contributed by atoms with Crippen molar-refractivity contribution >= 4 is 27.3 Å². The third-order valence-corrected chi connectivity index (χ3v) is 5.52. The van der Waals surface area contributed by atoms with Gasteiger partial charge in [-0.25, -0.2) is 8.42 Å². The molecule has 0 atom stereocenters. The SMILES string of the molecule is CCOc1ccccc1NC(=O)c1cccc(S(=O)(=O)Nc2ccc(C)cc2)c1. The average molecular weight is 410 g/mol. The average Bonchev–Trinajstić information content (AvgIpc) is 2.71. The van der Waals surface area contributed by atoms with E-state index in [1.54, 1.807) is 36.4 Å². The molecule has 0 spiro atoms. The van der Waals surface area contributed by atoms with Crippen molar-refractivity contribution in [2.24, 2.45) is 0 Å². The number of anilines is 2. The minimum absolute atomic E-state index is 0.00354. The molecule has 3 rings (SSSR count). The minimum atomic E-state index is -3.83. The van der Waals surface area contributed by atoms with Gasteiger partial charge >= 0.3 is 0 Å². The molecule has 0 aliphatic heterocycles. The van der Waals surface area contributed by atoms with E-state index in [1.807, 2.05) is 32.0 Å². The summed E-state index contributed by atoms with van der Waals surface area (Å²) in [4.78, 5) is 12.7. The van der Waals surface area contributed by atoms with E-state index >= 15 is 0 Å². The van der Waals surface area contributed by atoms with Crippen molar-refractivity contribution in [2.45, 2.75) is 18.7 Å². The Morgan fingerprint density at radius 2 is 1.69 bits per heavy atom. The number of carbonyl (C=O) groups excluding carboxylic acids is 1. The zero-order valence-corrected chi connectivity index (χ0v) is 17.0. The van der Waals surface area contributed by atoms with Crippen LogP contribution in [-0.4, -0.2) is 20.9 Å². The molecule has 7 heteroatoms. The Bertz CT molecular complexity index is 1110. The Labute approximate surface area is 170 Å². The third-order valence-electron chi connectivity index (χ3n) is 4.15. The van der Waals surface area contributed by atoms with Crippen molar-refractivity contribution in [2.75, 3.05) is 16.6 Å². The third kappa shape index (κ3) is 5.14. The minimum Gasteiger partial charge on any atom is -0.492 e. The van der Waals surface area contributed by atoms with E-state index in [0.717, 1.165) is 5.56 Å². The van der Waals surface area contributed by atoms with Gasteiger partial charge in [-0.05, 0) is 56.3 Å². The van der Waals surface area contributed by atoms with E-state index in [2.05, 4.69) is 10.0 Å². The maximum Gasteiger partial charge on any atom is 0.261 e. The van der Waals surface area contributed by atoms with Gasteiger partial charge in [-0.1, -0.05) is 35.9 Å². The number of aryl methyl sites for hydroxylation is 1. The van der Waals surface area contributed by atoms with Gasteiger partial charge < -0.3 is 10.1 Å². The molecule has 6 nitrogen and oxygen atoms in total. The summed E-state index contributed by atoms with van der Waals surface area (Å²) >= 11 is 0. The van der Waals surface area contributed by atoms with Crippen molar-refractivity contribution in [3.05, 3.63) is 83.9 Å². The van der Waals surface area contributed by atoms with Crippen molar-refractivity contribution in [3.8, 4) is 5.75 Å². The fourth-order valence-corrected chi connectivity index (χ4v) is 3.79. The highest BCUT2D eigenvalue weighted by Crippen LogP contribution is 2.25. The van der Waals surface area contributed by atoms with Crippen molar-refractivity contribution < 1.29 is 17.9 Å². The molecule has 0 aromatic heterocycles. The van der Waals surface area contributed by atoms with E-state index in [9.17, 15) is 13.2 Å². The topological polar surface area (TPSA) is 84.5 Å². The molecule has 0 aliphatic carbocycles. The lowest BCUT2D eigenvalue weighted by Gasteiger charge is -2.12. The van der Waals surface area contributed by atoms with E-state index in [0.29, 0.717) is 23.7 Å². The zero-order chi connectivity index (χ0) is 20.9. The molecule has 150 valence electrons. The predicted octanol–water partition coefficient (Wildman–Crippen LogP) is 4.45. The second-order valence-electron chi connectivity index (χ2n) is 6.38. The highest BCUT2D eigenvalue weighted by atomic mass is 32.2. The van der Waals surface area contributed by atoms with Gasteiger partial charge in [-0.15, -0.1) is 0 Å². The standard InChI is InChI=1S/C22H22N2O4S/c1-3-28-21-10-5-4-9-20(21)23-22(25)17-7-6-8-19(15-17)29(26,27)24-18-13-11-16(2)12-14-18/h4-15,24H,3H2,1-2H3,(H,23,25). The van der Waals surface area contributed by atoms with Gasteiger partial charge in [0.25, 0.3) is 15.9 Å². The molecular formula is C22H22N2O4S. The van der Waals surface area contributed by atoms with Gasteiger partial charge in [-0.2, -0.15) is 0 Å². The number of rotatable bonds is 7. The first-order valence-corrected chi connectivity index (χ1v) is 10.6. The number of hydrogen-bond donors (Lipinski definition) is 2. The summed E-state index contributed by atoms with van der Waals surface area (Å²) in [6.45, 7) is 4.24. The lowest BCUT2D eigenvalue weighted by Crippen LogP contribution is -2.16. The summed E-state index contributed by atoms with van der Waals surface area (Å²) in [5.41, 5.74) is 2.23. The predicted molar refractivity (Wildman–Crippen MR) is 114 cm³/mol. The molecule has 0 heterocycles. The lowest BCUT2D eigenvalue weighted by atomic mass is 10.2. The van der Waals surface area contributed by atoms with Crippen LogP contribution in [0.25, 0.3) is 0 Å². The summed E-state index contributed by atoms with van der Waals surface area (Å²) in [7, 11) is -3.83. The van der Waals surface area contributed by atoms with Crippen molar-refractivity contribution in [1.82, 2.24) is 0 Å². The van der Waals surface area contributed by atoms with Gasteiger partial charge in [0.2, 0.25) is 0 Å². The van der Waals surface area contributed by atoms with Crippen LogP contribution in [0.2, 0.25) is 0 Å². The Balaban J connectivity index is 1.81. The number of benzene rings is 3. The van der Waals surface area contributed by atoms with Crippen LogP contribution in [-0.2, 0) is 10.0 Å². The second-order valence-corrected chi connectivity index (χ2v) is 8.07. The zero-order valence-electron chi connectivity index (χ0n) is 16.2. The van der Waals surface area contributed by atoms with Crippen molar-refractivity contribution in [3.63, 3.8) is 0 Å². The highest BCUT2D eigenvalue weighted by molar-refractivity contribution is 7.92. The summed E-state index contributed by atoms with van der Waals surface area (Å²) in [6, 6.07) is 20.0. The quantitative estimate of drug-likeness (QED) is 0.603. The molecule has 0 radical (unpaired) electrons. The van der Waals surface area contributed by atoms with Crippen LogP contribution >= 0.6 is 0 Å². The van der Waals surface area contributed by atoms with Crippen LogP contribution < -0.4 is 14.8 Å². The van der Waals surface area contributed by atoms with Gasteiger partial charge in [0.1, 0.15) is 5.75 Å². The van der Waals surface area contributed by atoms with Gasteiger partial charge in [0, 0.05) is 11.3 Å². The fraction of sp³-hybridized carbons (Fsp3) is 0.136. The number of ether oxygens (including phenoxy) is 1. The van der Waals surface area contributed by atoms with Gasteiger partial charge in [0.15, 0.2) is 0 Å². The summed E-state index contributed by atoms with van der Waals surface area (Å²) in [5, 5.41) is 2.77. The van der Waals surface area contributed by atoms with Crippen LogP contribution in [0.5, 0.6) is 5.75 Å². The Kier molecular flexibility index (Phi) is 6.19. The normalized spacial score (nSPS) is 11.0. The number of nitrogens with one attached hydrogen (secondary N) is 2. The molecule has 0 aliphatic rings. The molecule has 0 saturated carbocycles. The summed E-state index contributed by atoms with van der Waals surface area (Å²) in [6.07, 6.45) is 0. The number of para-hydroxylation sites is 2. The lowest BCUT2D eigenvalue weighted by molar-refractivity contribution is 0.102. The van der Waals surface area contributed by atoms with E-state index in [1.165, 1.54) is 18.2 Å². The van der Waals surface area contributed by atoms with Gasteiger partial charge in [-0.3, -0.25) is 9.52 Å². The monoisotopic (exact) mass is 410 g/mol. The number of amides is 1. The fourth-order valence-electron chi connectivity index (χ4n) is 2.69. The van der Waals surface area contributed by atoms with Crippen LogP contribution in [0.15, 0.2) is 77.7 Å². The first kappa shape index (κ1) is 20.4. The molecule has 1 amide bonds. The molecule has 0 fully saturated rings. The Morgan fingerprint density at radius 3 is 2.41 bits per heavy atom. The number of carbonyl (C=O) groups is 1. The molecule has 0 saturated heterocycles. The smallest absolute Gasteiger partial charge is 0.261 e. The molecule has 29 heavy (non-hydrogen) atoms. The summed E-state index contributed by atoms with van der Waals surface area (Å²) < 4.78 is 33.4. The van der Waals surface area contributed by atoms with Crippen LogP contribution in [0.3, 0.4) is 0 Å². The molecule has 0 unspecified atom stereocenters. The maximum absolute atomic E-state index is 12.7. The van der Waals surface area contributed by atoms with E-state index < -0.39 is 15.9 Å². The highest BCUT2D eigenvalue weighted by Gasteiger charge is 2.17.